The standard InChI is InChI=1S/C58H37NO2/c1-4-15-38(16-5-1)39-27-31-43(32-28-39)59(53-25-14-24-49-47-22-12-13-26-54(47)60-57(49)53)44-33-29-41(30-34-44)51-37-52-50-36-35-45(40-17-6-2-7-18-40)55(42-19-8-3-9-20-42)58(50)61-56(52)48-23-11-10-21-46(48)51/h1-37H. The molecule has 10 aromatic carbocycles. The molecule has 3 nitrogen and oxygen atoms in total. The first-order valence-corrected chi connectivity index (χ1v) is 20.7. The van der Waals surface area contributed by atoms with Gasteiger partial charge in [0.1, 0.15) is 16.7 Å². The largest absolute Gasteiger partial charge is 0.455 e. The summed E-state index contributed by atoms with van der Waals surface area (Å²) in [5, 5.41) is 6.63. The fraction of sp³-hybridized carbons (Fsp3) is 0. The minimum atomic E-state index is 0.855. The molecule has 61 heavy (non-hydrogen) atoms. The van der Waals surface area contributed by atoms with Crippen molar-refractivity contribution in [3.8, 4) is 44.5 Å². The summed E-state index contributed by atoms with van der Waals surface area (Å²) in [4.78, 5) is 2.31. The second kappa shape index (κ2) is 14.3. The lowest BCUT2D eigenvalue weighted by molar-refractivity contribution is 0.669. The molecule has 12 aromatic rings. The molecule has 0 N–H and O–H groups in total. The predicted molar refractivity (Wildman–Crippen MR) is 255 cm³/mol. The van der Waals surface area contributed by atoms with Crippen LogP contribution in [-0.4, -0.2) is 0 Å². The van der Waals surface area contributed by atoms with Gasteiger partial charge < -0.3 is 13.7 Å². The third-order valence-electron chi connectivity index (χ3n) is 12.1. The van der Waals surface area contributed by atoms with Crippen LogP contribution >= 0.6 is 0 Å². The van der Waals surface area contributed by atoms with E-state index in [0.29, 0.717) is 0 Å². The van der Waals surface area contributed by atoms with Gasteiger partial charge in [0.05, 0.1) is 5.69 Å². The van der Waals surface area contributed by atoms with Gasteiger partial charge in [0.25, 0.3) is 0 Å². The summed E-state index contributed by atoms with van der Waals surface area (Å²) in [5.41, 5.74) is 15.8. The van der Waals surface area contributed by atoms with Crippen LogP contribution in [0.25, 0.3) is 99.2 Å². The molecule has 0 spiro atoms. The van der Waals surface area contributed by atoms with E-state index in [4.69, 9.17) is 8.83 Å². The minimum absolute atomic E-state index is 0.855. The summed E-state index contributed by atoms with van der Waals surface area (Å²) in [6, 6.07) is 79.6. The summed E-state index contributed by atoms with van der Waals surface area (Å²) in [6.07, 6.45) is 0. The Morgan fingerprint density at radius 3 is 1.49 bits per heavy atom. The zero-order chi connectivity index (χ0) is 40.3. The van der Waals surface area contributed by atoms with Crippen molar-refractivity contribution in [1.29, 1.82) is 0 Å². The van der Waals surface area contributed by atoms with Crippen LogP contribution in [0.15, 0.2) is 233 Å². The molecule has 0 radical (unpaired) electrons. The zero-order valence-electron chi connectivity index (χ0n) is 33.1. The van der Waals surface area contributed by atoms with E-state index in [1.54, 1.807) is 0 Å². The van der Waals surface area contributed by atoms with Crippen LogP contribution in [0.3, 0.4) is 0 Å². The first-order valence-electron chi connectivity index (χ1n) is 20.7. The Balaban J connectivity index is 1.03. The second-order valence-corrected chi connectivity index (χ2v) is 15.6. The number of nitrogens with zero attached hydrogens (tertiary/aromatic N) is 1. The van der Waals surface area contributed by atoms with Gasteiger partial charge in [-0.05, 0) is 92.9 Å². The molecule has 3 heteroatoms. The van der Waals surface area contributed by atoms with E-state index in [2.05, 4.69) is 217 Å². The van der Waals surface area contributed by atoms with Gasteiger partial charge in [0, 0.05) is 43.9 Å². The summed E-state index contributed by atoms with van der Waals surface area (Å²) >= 11 is 0. The average molecular weight is 780 g/mol. The zero-order valence-corrected chi connectivity index (χ0v) is 33.1. The van der Waals surface area contributed by atoms with Gasteiger partial charge in [-0.2, -0.15) is 0 Å². The molecule has 2 aromatic heterocycles. The molecule has 0 atom stereocenters. The lowest BCUT2D eigenvalue weighted by Gasteiger charge is -2.26. The summed E-state index contributed by atoms with van der Waals surface area (Å²) < 4.78 is 13.7. The van der Waals surface area contributed by atoms with Crippen LogP contribution < -0.4 is 4.90 Å². The van der Waals surface area contributed by atoms with Crippen LogP contribution in [0, 0.1) is 0 Å². The fourth-order valence-corrected chi connectivity index (χ4v) is 9.21. The molecule has 0 unspecified atom stereocenters. The number of fused-ring (bicyclic) bond motifs is 8. The number of anilines is 3. The normalized spacial score (nSPS) is 11.6. The maximum Gasteiger partial charge on any atom is 0.159 e. The Kier molecular flexibility index (Phi) is 8.17. The second-order valence-electron chi connectivity index (χ2n) is 15.6. The highest BCUT2D eigenvalue weighted by Crippen LogP contribution is 2.47. The highest BCUT2D eigenvalue weighted by atomic mass is 16.3. The third-order valence-corrected chi connectivity index (χ3v) is 12.1. The van der Waals surface area contributed by atoms with Gasteiger partial charge in [-0.15, -0.1) is 0 Å². The van der Waals surface area contributed by atoms with Crippen LogP contribution in [0.4, 0.5) is 17.1 Å². The Bertz CT molecular complexity index is 3550. The molecule has 12 rings (SSSR count). The van der Waals surface area contributed by atoms with Crippen molar-refractivity contribution in [2.24, 2.45) is 0 Å². The van der Waals surface area contributed by atoms with Gasteiger partial charge in [-0.25, -0.2) is 0 Å². The summed E-state index contributed by atoms with van der Waals surface area (Å²) in [7, 11) is 0. The molecule has 0 fully saturated rings. The fourth-order valence-electron chi connectivity index (χ4n) is 9.21. The lowest BCUT2D eigenvalue weighted by atomic mass is 9.91. The van der Waals surface area contributed by atoms with Crippen molar-refractivity contribution in [3.05, 3.63) is 224 Å². The van der Waals surface area contributed by atoms with E-state index in [0.717, 1.165) is 105 Å². The molecule has 0 bridgehead atoms. The van der Waals surface area contributed by atoms with E-state index >= 15 is 0 Å². The van der Waals surface area contributed by atoms with Crippen molar-refractivity contribution < 1.29 is 8.83 Å². The Morgan fingerprint density at radius 2 is 0.787 bits per heavy atom. The van der Waals surface area contributed by atoms with Gasteiger partial charge >= 0.3 is 0 Å². The molecule has 2 heterocycles. The Labute approximate surface area is 353 Å². The van der Waals surface area contributed by atoms with E-state index < -0.39 is 0 Å². The van der Waals surface area contributed by atoms with Crippen LogP contribution in [0.1, 0.15) is 0 Å². The van der Waals surface area contributed by atoms with Crippen molar-refractivity contribution in [2.45, 2.75) is 0 Å². The van der Waals surface area contributed by atoms with E-state index in [1.807, 2.05) is 12.1 Å². The van der Waals surface area contributed by atoms with E-state index in [9.17, 15) is 0 Å². The number of furan rings is 2. The van der Waals surface area contributed by atoms with Crippen molar-refractivity contribution in [3.63, 3.8) is 0 Å². The summed E-state index contributed by atoms with van der Waals surface area (Å²) in [6.45, 7) is 0. The van der Waals surface area contributed by atoms with Crippen molar-refractivity contribution in [2.75, 3.05) is 4.90 Å². The minimum Gasteiger partial charge on any atom is -0.455 e. The Morgan fingerprint density at radius 1 is 0.279 bits per heavy atom. The first-order chi connectivity index (χ1) is 30.3. The van der Waals surface area contributed by atoms with Gasteiger partial charge in [0.15, 0.2) is 5.58 Å². The molecule has 286 valence electrons. The molecule has 0 saturated heterocycles. The smallest absolute Gasteiger partial charge is 0.159 e. The molecule has 0 amide bonds. The Hall–Kier alpha value is -8.14. The number of benzene rings is 10. The van der Waals surface area contributed by atoms with E-state index in [-0.39, 0.29) is 0 Å². The molecular weight excluding hydrogens is 743 g/mol. The molecular formula is C58H37NO2. The predicted octanol–water partition coefficient (Wildman–Crippen LogP) is 16.8. The number of rotatable bonds is 7. The SMILES string of the molecule is c1ccc(-c2ccc(N(c3ccc(-c4cc5c6ccc(-c7ccccc7)c(-c7ccccc7)c6oc5c5ccccc45)cc3)c3cccc4c3oc3ccccc34)cc2)cc1. The van der Waals surface area contributed by atoms with Gasteiger partial charge in [0.2, 0.25) is 0 Å². The first kappa shape index (κ1) is 34.9. The number of hydrogen-bond acceptors (Lipinski definition) is 3. The number of hydrogen-bond donors (Lipinski definition) is 0. The van der Waals surface area contributed by atoms with E-state index in [1.165, 1.54) is 11.1 Å². The molecule has 0 aliphatic heterocycles. The molecule has 0 saturated carbocycles. The van der Waals surface area contributed by atoms with Crippen molar-refractivity contribution in [1.82, 2.24) is 0 Å². The van der Waals surface area contributed by atoms with Crippen LogP contribution in [-0.2, 0) is 0 Å². The highest BCUT2D eigenvalue weighted by Gasteiger charge is 2.22. The van der Waals surface area contributed by atoms with Crippen LogP contribution in [0.5, 0.6) is 0 Å². The number of para-hydroxylation sites is 2. The lowest BCUT2D eigenvalue weighted by Crippen LogP contribution is -2.10. The third kappa shape index (κ3) is 5.82. The quantitative estimate of drug-likeness (QED) is 0.161. The maximum absolute atomic E-state index is 7.03. The highest BCUT2D eigenvalue weighted by molar-refractivity contribution is 6.22. The topological polar surface area (TPSA) is 29.5 Å². The molecule has 0 aliphatic carbocycles. The maximum atomic E-state index is 7.03. The monoisotopic (exact) mass is 779 g/mol. The van der Waals surface area contributed by atoms with Crippen LogP contribution in [0.2, 0.25) is 0 Å². The molecule has 0 aliphatic rings. The van der Waals surface area contributed by atoms with Gasteiger partial charge in [-0.3, -0.25) is 0 Å². The van der Waals surface area contributed by atoms with Gasteiger partial charge in [-0.1, -0.05) is 176 Å². The van der Waals surface area contributed by atoms with Crippen molar-refractivity contribution >= 4 is 71.7 Å². The average Bonchev–Trinajstić information content (AvgIpc) is 3.92. The summed E-state index contributed by atoms with van der Waals surface area (Å²) in [5.74, 6) is 0.